The Hall–Kier alpha value is -2.84. The van der Waals surface area contributed by atoms with Gasteiger partial charge in [0.25, 0.3) is 5.91 Å². The lowest BCUT2D eigenvalue weighted by atomic mass is 10.0. The third-order valence-corrected chi connectivity index (χ3v) is 4.54. The number of nitrogens with zero attached hydrogens (tertiary/aromatic N) is 4. The van der Waals surface area contributed by atoms with Gasteiger partial charge >= 0.3 is 0 Å². The molecule has 3 rings (SSSR count). The summed E-state index contributed by atoms with van der Waals surface area (Å²) < 4.78 is 6.02. The highest BCUT2D eigenvalue weighted by molar-refractivity contribution is 6.29. The van der Waals surface area contributed by atoms with E-state index in [2.05, 4.69) is 27.1 Å². The number of nitrogens with one attached hydrogen (secondary N) is 1. The zero-order chi connectivity index (χ0) is 20.3. The van der Waals surface area contributed by atoms with Gasteiger partial charge in [-0.15, -0.1) is 5.10 Å². The fourth-order valence-electron chi connectivity index (χ4n) is 3.04. The molecular weight excluding hydrogens is 382 g/mol. The van der Waals surface area contributed by atoms with Crippen LogP contribution in [0.5, 0.6) is 0 Å². The van der Waals surface area contributed by atoms with Gasteiger partial charge in [0.15, 0.2) is 5.69 Å². The Bertz CT molecular complexity index is 920. The lowest BCUT2D eigenvalue weighted by Gasteiger charge is -2.36. The van der Waals surface area contributed by atoms with Crippen molar-refractivity contribution in [3.05, 3.63) is 53.5 Å². The Balaban J connectivity index is 1.94. The van der Waals surface area contributed by atoms with Gasteiger partial charge < -0.3 is 15.0 Å². The molecule has 8 nitrogen and oxygen atoms in total. The van der Waals surface area contributed by atoms with Gasteiger partial charge in [-0.2, -0.15) is 5.10 Å². The van der Waals surface area contributed by atoms with Crippen molar-refractivity contribution < 1.29 is 14.3 Å². The molecule has 1 aliphatic heterocycles. The first-order valence-corrected chi connectivity index (χ1v) is 9.08. The molecule has 0 aliphatic carbocycles. The molecule has 0 aromatic carbocycles. The number of rotatable bonds is 4. The van der Waals surface area contributed by atoms with Crippen molar-refractivity contribution in [2.45, 2.75) is 19.1 Å². The average molecular weight is 402 g/mol. The molecule has 0 radical (unpaired) electrons. The molecule has 1 saturated heterocycles. The van der Waals surface area contributed by atoms with E-state index in [4.69, 9.17) is 16.3 Å². The van der Waals surface area contributed by atoms with E-state index in [1.54, 1.807) is 17.0 Å². The van der Waals surface area contributed by atoms with Crippen LogP contribution in [-0.2, 0) is 9.53 Å². The lowest BCUT2D eigenvalue weighted by Crippen LogP contribution is -2.45. The number of amides is 2. The molecule has 1 aliphatic rings. The van der Waals surface area contributed by atoms with E-state index in [9.17, 15) is 9.59 Å². The van der Waals surface area contributed by atoms with Crippen molar-refractivity contribution in [3.63, 3.8) is 0 Å². The first-order chi connectivity index (χ1) is 13.4. The minimum absolute atomic E-state index is 0.138. The van der Waals surface area contributed by atoms with Crippen molar-refractivity contribution in [1.29, 1.82) is 0 Å². The SMILES string of the molecule is C=CC(=O)N1CC(c2cc(Cl)nc(-c3cnnc(C(=O)NC)c3)c2)O[C@@H](C)C1. The first kappa shape index (κ1) is 19.9. The third kappa shape index (κ3) is 4.35. The van der Waals surface area contributed by atoms with E-state index >= 15 is 0 Å². The summed E-state index contributed by atoms with van der Waals surface area (Å²) in [5, 5.41) is 10.5. The highest BCUT2D eigenvalue weighted by Crippen LogP contribution is 2.30. The van der Waals surface area contributed by atoms with Crippen LogP contribution in [0.2, 0.25) is 5.15 Å². The monoisotopic (exact) mass is 401 g/mol. The number of morpholine rings is 1. The molecule has 146 valence electrons. The van der Waals surface area contributed by atoms with Crippen LogP contribution in [-0.4, -0.2) is 58.1 Å². The number of carbonyl (C=O) groups excluding carboxylic acids is 2. The largest absolute Gasteiger partial charge is 0.367 e. The maximum absolute atomic E-state index is 12.0. The van der Waals surface area contributed by atoms with E-state index in [1.807, 2.05) is 13.0 Å². The molecule has 1 fully saturated rings. The average Bonchev–Trinajstić information content (AvgIpc) is 2.71. The molecule has 2 aromatic heterocycles. The predicted molar refractivity (Wildman–Crippen MR) is 104 cm³/mol. The summed E-state index contributed by atoms with van der Waals surface area (Å²) in [4.78, 5) is 29.9. The topological polar surface area (TPSA) is 97.3 Å². The van der Waals surface area contributed by atoms with E-state index in [-0.39, 0.29) is 34.9 Å². The van der Waals surface area contributed by atoms with Crippen molar-refractivity contribution in [2.24, 2.45) is 0 Å². The van der Waals surface area contributed by atoms with Crippen molar-refractivity contribution >= 4 is 23.4 Å². The van der Waals surface area contributed by atoms with Crippen LogP contribution in [0.15, 0.2) is 37.1 Å². The summed E-state index contributed by atoms with van der Waals surface area (Å²) in [6.07, 6.45) is 2.30. The normalized spacial score (nSPS) is 19.2. The Kier molecular flexibility index (Phi) is 6.01. The van der Waals surface area contributed by atoms with E-state index in [0.717, 1.165) is 5.56 Å². The van der Waals surface area contributed by atoms with Crippen LogP contribution in [0.25, 0.3) is 11.3 Å². The summed E-state index contributed by atoms with van der Waals surface area (Å²) in [7, 11) is 1.52. The minimum Gasteiger partial charge on any atom is -0.367 e. The van der Waals surface area contributed by atoms with Gasteiger partial charge in [-0.3, -0.25) is 9.59 Å². The Morgan fingerprint density at radius 2 is 2.14 bits per heavy atom. The minimum atomic E-state index is -0.361. The predicted octanol–water partition coefficient (Wildman–Crippen LogP) is 2.03. The van der Waals surface area contributed by atoms with Gasteiger partial charge in [0.05, 0.1) is 24.5 Å². The molecule has 1 N–H and O–H groups in total. The summed E-state index contributed by atoms with van der Waals surface area (Å²) in [5.41, 5.74) is 2.08. The van der Waals surface area contributed by atoms with Crippen LogP contribution in [0.4, 0.5) is 0 Å². The van der Waals surface area contributed by atoms with Crippen LogP contribution >= 0.6 is 11.6 Å². The molecule has 2 atom stereocenters. The number of ether oxygens (including phenoxy) is 1. The molecule has 0 bridgehead atoms. The second-order valence-corrected chi connectivity index (χ2v) is 6.79. The molecule has 2 aromatic rings. The second kappa shape index (κ2) is 8.45. The molecular formula is C19H20ClN5O3. The Morgan fingerprint density at radius 1 is 1.36 bits per heavy atom. The van der Waals surface area contributed by atoms with Crippen LogP contribution in [0.3, 0.4) is 0 Å². The fourth-order valence-corrected chi connectivity index (χ4v) is 3.26. The standard InChI is InChI=1S/C19H20ClN5O3/c1-4-18(26)25-9-11(2)28-16(10-25)12-5-14(23-17(20)7-12)13-6-15(19(27)21-3)24-22-8-13/h4-8,11,16H,1,9-10H2,2-3H3,(H,21,27)/t11-,16?/m0/s1. The highest BCUT2D eigenvalue weighted by atomic mass is 35.5. The molecule has 3 heterocycles. The molecule has 28 heavy (non-hydrogen) atoms. The highest BCUT2D eigenvalue weighted by Gasteiger charge is 2.29. The number of hydrogen-bond donors (Lipinski definition) is 1. The van der Waals surface area contributed by atoms with E-state index in [1.165, 1.54) is 19.3 Å². The third-order valence-electron chi connectivity index (χ3n) is 4.34. The van der Waals surface area contributed by atoms with Gasteiger partial charge in [0, 0.05) is 19.2 Å². The smallest absolute Gasteiger partial charge is 0.271 e. The Labute approximate surface area is 167 Å². The van der Waals surface area contributed by atoms with Crippen molar-refractivity contribution in [2.75, 3.05) is 20.1 Å². The van der Waals surface area contributed by atoms with Crippen LogP contribution < -0.4 is 5.32 Å². The number of aromatic nitrogens is 3. The molecule has 9 heteroatoms. The quantitative estimate of drug-likeness (QED) is 0.621. The number of halogens is 1. The van der Waals surface area contributed by atoms with Crippen molar-refractivity contribution in [1.82, 2.24) is 25.4 Å². The Morgan fingerprint density at radius 3 is 2.86 bits per heavy atom. The summed E-state index contributed by atoms with van der Waals surface area (Å²) >= 11 is 6.23. The summed E-state index contributed by atoms with van der Waals surface area (Å²) in [5.74, 6) is -0.492. The lowest BCUT2D eigenvalue weighted by molar-refractivity contribution is -0.139. The van der Waals surface area contributed by atoms with Gasteiger partial charge in [-0.1, -0.05) is 18.2 Å². The van der Waals surface area contributed by atoms with Gasteiger partial charge in [-0.25, -0.2) is 4.98 Å². The zero-order valence-corrected chi connectivity index (χ0v) is 16.3. The van der Waals surface area contributed by atoms with E-state index < -0.39 is 0 Å². The van der Waals surface area contributed by atoms with Crippen LogP contribution in [0, 0.1) is 0 Å². The number of pyridine rings is 1. The molecule has 0 spiro atoms. The molecule has 1 unspecified atom stereocenters. The van der Waals surface area contributed by atoms with E-state index in [0.29, 0.717) is 24.3 Å². The van der Waals surface area contributed by atoms with Gasteiger partial charge in [-0.05, 0) is 36.8 Å². The van der Waals surface area contributed by atoms with Gasteiger partial charge in [0.2, 0.25) is 5.91 Å². The second-order valence-electron chi connectivity index (χ2n) is 6.40. The number of hydrogen-bond acceptors (Lipinski definition) is 6. The maximum Gasteiger partial charge on any atom is 0.271 e. The zero-order valence-electron chi connectivity index (χ0n) is 15.6. The first-order valence-electron chi connectivity index (χ1n) is 8.70. The number of carbonyl (C=O) groups is 2. The summed E-state index contributed by atoms with van der Waals surface area (Å²) in [6, 6.07) is 5.11. The van der Waals surface area contributed by atoms with Gasteiger partial charge in [0.1, 0.15) is 11.3 Å². The molecule has 2 amide bonds. The maximum atomic E-state index is 12.0. The molecule has 0 saturated carbocycles. The van der Waals surface area contributed by atoms with Crippen LogP contribution in [0.1, 0.15) is 29.1 Å². The summed E-state index contributed by atoms with van der Waals surface area (Å²) in [6.45, 7) is 6.33. The van der Waals surface area contributed by atoms with Crippen molar-refractivity contribution in [3.8, 4) is 11.3 Å². The fraction of sp³-hybridized carbons (Fsp3) is 0.316.